The zero-order valence-corrected chi connectivity index (χ0v) is 10.0. The summed E-state index contributed by atoms with van der Waals surface area (Å²) < 4.78 is 0. The van der Waals surface area contributed by atoms with Gasteiger partial charge in [-0.1, -0.05) is 32.6 Å². The van der Waals surface area contributed by atoms with Crippen LogP contribution < -0.4 is 11.1 Å². The third-order valence-corrected chi connectivity index (χ3v) is 3.11. The van der Waals surface area contributed by atoms with Crippen LogP contribution in [0.2, 0.25) is 0 Å². The van der Waals surface area contributed by atoms with E-state index in [1.165, 1.54) is 25.7 Å². The second-order valence-electron chi connectivity index (χ2n) is 4.88. The number of nitrogens with two attached hydrogens (primary N) is 1. The van der Waals surface area contributed by atoms with Crippen LogP contribution in [0, 0.1) is 0 Å². The van der Waals surface area contributed by atoms with Gasteiger partial charge in [-0.2, -0.15) is 0 Å². The molecular formula is C12H24N2O. The van der Waals surface area contributed by atoms with Crippen LogP contribution in [0.4, 0.5) is 0 Å². The molecule has 1 aliphatic rings. The van der Waals surface area contributed by atoms with Crippen molar-refractivity contribution in [2.24, 2.45) is 5.73 Å². The molecule has 3 nitrogen and oxygen atoms in total. The van der Waals surface area contributed by atoms with E-state index in [1.54, 1.807) is 0 Å². The van der Waals surface area contributed by atoms with E-state index in [4.69, 9.17) is 5.73 Å². The van der Waals surface area contributed by atoms with E-state index in [2.05, 4.69) is 19.2 Å². The standard InChI is InChI=1S/C12H24N2O/c1-3-4-5-6-7-10(2)14-11(15)12(13)8-9-12/h10H,3-9,13H2,1-2H3,(H,14,15). The van der Waals surface area contributed by atoms with Crippen molar-refractivity contribution in [1.29, 1.82) is 0 Å². The first kappa shape index (κ1) is 12.5. The molecule has 1 unspecified atom stereocenters. The number of unbranched alkanes of at least 4 members (excludes halogenated alkanes) is 3. The third kappa shape index (κ3) is 4.20. The van der Waals surface area contributed by atoms with Gasteiger partial charge in [-0.3, -0.25) is 4.79 Å². The van der Waals surface area contributed by atoms with Gasteiger partial charge in [-0.05, 0) is 26.2 Å². The Morgan fingerprint density at radius 1 is 1.40 bits per heavy atom. The Balaban J connectivity index is 2.07. The van der Waals surface area contributed by atoms with E-state index in [-0.39, 0.29) is 11.9 Å². The molecule has 0 aliphatic heterocycles. The zero-order chi connectivity index (χ0) is 11.3. The molecule has 1 atom stereocenters. The van der Waals surface area contributed by atoms with Crippen LogP contribution in [-0.4, -0.2) is 17.5 Å². The maximum absolute atomic E-state index is 11.6. The Bertz CT molecular complexity index is 212. The maximum Gasteiger partial charge on any atom is 0.240 e. The number of amides is 1. The monoisotopic (exact) mass is 212 g/mol. The maximum atomic E-state index is 11.6. The average molecular weight is 212 g/mol. The second-order valence-corrected chi connectivity index (χ2v) is 4.88. The van der Waals surface area contributed by atoms with Crippen LogP contribution in [0.5, 0.6) is 0 Å². The van der Waals surface area contributed by atoms with Crippen LogP contribution in [-0.2, 0) is 4.79 Å². The van der Waals surface area contributed by atoms with Gasteiger partial charge in [0.05, 0.1) is 5.54 Å². The van der Waals surface area contributed by atoms with E-state index in [0.29, 0.717) is 0 Å². The van der Waals surface area contributed by atoms with E-state index in [9.17, 15) is 4.79 Å². The highest BCUT2D eigenvalue weighted by Gasteiger charge is 2.46. The molecule has 0 heterocycles. The predicted octanol–water partition coefficient (Wildman–Crippen LogP) is 1.95. The fourth-order valence-corrected chi connectivity index (χ4v) is 1.68. The van der Waals surface area contributed by atoms with Crippen molar-refractivity contribution in [2.45, 2.75) is 70.4 Å². The second kappa shape index (κ2) is 5.50. The summed E-state index contributed by atoms with van der Waals surface area (Å²) >= 11 is 0. The molecule has 88 valence electrons. The molecule has 1 amide bonds. The van der Waals surface area contributed by atoms with Crippen molar-refractivity contribution in [3.05, 3.63) is 0 Å². The molecule has 0 spiro atoms. The van der Waals surface area contributed by atoms with Crippen molar-refractivity contribution in [3.63, 3.8) is 0 Å². The molecule has 0 aromatic carbocycles. The first-order valence-corrected chi connectivity index (χ1v) is 6.18. The lowest BCUT2D eigenvalue weighted by Gasteiger charge is -2.16. The Morgan fingerprint density at radius 2 is 2.07 bits per heavy atom. The average Bonchev–Trinajstić information content (AvgIpc) is 2.93. The van der Waals surface area contributed by atoms with Gasteiger partial charge in [0.2, 0.25) is 5.91 Å². The third-order valence-electron chi connectivity index (χ3n) is 3.11. The van der Waals surface area contributed by atoms with E-state index >= 15 is 0 Å². The summed E-state index contributed by atoms with van der Waals surface area (Å²) in [6.07, 6.45) is 7.79. The highest BCUT2D eigenvalue weighted by atomic mass is 16.2. The fraction of sp³-hybridized carbons (Fsp3) is 0.917. The Hall–Kier alpha value is -0.570. The summed E-state index contributed by atoms with van der Waals surface area (Å²) in [6, 6.07) is 0.274. The largest absolute Gasteiger partial charge is 0.352 e. The van der Waals surface area contributed by atoms with Crippen LogP contribution in [0.15, 0.2) is 0 Å². The normalized spacial score (nSPS) is 19.7. The van der Waals surface area contributed by atoms with Crippen molar-refractivity contribution < 1.29 is 4.79 Å². The topological polar surface area (TPSA) is 55.1 Å². The lowest BCUT2D eigenvalue weighted by Crippen LogP contribution is -2.46. The lowest BCUT2D eigenvalue weighted by molar-refractivity contribution is -0.123. The number of hydrogen-bond acceptors (Lipinski definition) is 2. The molecule has 0 saturated heterocycles. The molecule has 0 aromatic heterocycles. The van der Waals surface area contributed by atoms with Gasteiger partial charge in [0.15, 0.2) is 0 Å². The van der Waals surface area contributed by atoms with Crippen molar-refractivity contribution >= 4 is 5.91 Å². The van der Waals surface area contributed by atoms with Gasteiger partial charge in [0.1, 0.15) is 0 Å². The molecular weight excluding hydrogens is 188 g/mol. The van der Waals surface area contributed by atoms with Gasteiger partial charge in [-0.25, -0.2) is 0 Å². The summed E-state index contributed by atoms with van der Waals surface area (Å²) in [5.41, 5.74) is 5.29. The van der Waals surface area contributed by atoms with Crippen LogP contribution in [0.25, 0.3) is 0 Å². The molecule has 3 heteroatoms. The molecule has 1 saturated carbocycles. The Kier molecular flexibility index (Phi) is 4.58. The molecule has 0 bridgehead atoms. The minimum Gasteiger partial charge on any atom is -0.352 e. The molecule has 1 rings (SSSR count). The van der Waals surface area contributed by atoms with E-state index in [0.717, 1.165) is 19.3 Å². The first-order valence-electron chi connectivity index (χ1n) is 6.18. The predicted molar refractivity (Wildman–Crippen MR) is 62.5 cm³/mol. The summed E-state index contributed by atoms with van der Waals surface area (Å²) in [4.78, 5) is 11.6. The van der Waals surface area contributed by atoms with Crippen LogP contribution >= 0.6 is 0 Å². The number of carbonyl (C=O) groups excluding carboxylic acids is 1. The highest BCUT2D eigenvalue weighted by molar-refractivity contribution is 5.89. The summed E-state index contributed by atoms with van der Waals surface area (Å²) in [7, 11) is 0. The number of rotatable bonds is 7. The van der Waals surface area contributed by atoms with Gasteiger partial charge < -0.3 is 11.1 Å². The SMILES string of the molecule is CCCCCCC(C)NC(=O)C1(N)CC1. The molecule has 15 heavy (non-hydrogen) atoms. The zero-order valence-electron chi connectivity index (χ0n) is 10.0. The molecule has 0 aromatic rings. The van der Waals surface area contributed by atoms with Gasteiger partial charge in [-0.15, -0.1) is 0 Å². The Morgan fingerprint density at radius 3 is 2.60 bits per heavy atom. The van der Waals surface area contributed by atoms with E-state index < -0.39 is 5.54 Å². The van der Waals surface area contributed by atoms with Crippen molar-refractivity contribution in [3.8, 4) is 0 Å². The molecule has 3 N–H and O–H groups in total. The molecule has 0 radical (unpaired) electrons. The molecule has 1 fully saturated rings. The van der Waals surface area contributed by atoms with Crippen LogP contribution in [0.1, 0.15) is 58.8 Å². The number of carbonyl (C=O) groups is 1. The summed E-state index contributed by atoms with van der Waals surface area (Å²) in [6.45, 7) is 4.27. The lowest BCUT2D eigenvalue weighted by atomic mass is 10.1. The quantitative estimate of drug-likeness (QED) is 0.634. The smallest absolute Gasteiger partial charge is 0.240 e. The molecule has 1 aliphatic carbocycles. The van der Waals surface area contributed by atoms with Crippen molar-refractivity contribution in [2.75, 3.05) is 0 Å². The van der Waals surface area contributed by atoms with E-state index in [1.807, 2.05) is 0 Å². The van der Waals surface area contributed by atoms with Gasteiger partial charge in [0.25, 0.3) is 0 Å². The summed E-state index contributed by atoms with van der Waals surface area (Å²) in [5, 5.41) is 3.00. The van der Waals surface area contributed by atoms with Crippen LogP contribution in [0.3, 0.4) is 0 Å². The minimum atomic E-state index is -0.516. The van der Waals surface area contributed by atoms with Gasteiger partial charge in [0, 0.05) is 6.04 Å². The summed E-state index contributed by atoms with van der Waals surface area (Å²) in [5.74, 6) is 0.0468. The highest BCUT2D eigenvalue weighted by Crippen LogP contribution is 2.32. The first-order chi connectivity index (χ1) is 7.08. The fourth-order valence-electron chi connectivity index (χ4n) is 1.68. The van der Waals surface area contributed by atoms with Crippen molar-refractivity contribution in [1.82, 2.24) is 5.32 Å². The van der Waals surface area contributed by atoms with Gasteiger partial charge >= 0.3 is 0 Å². The number of hydrogen-bond donors (Lipinski definition) is 2. The minimum absolute atomic E-state index is 0.0468. The number of nitrogens with one attached hydrogen (secondary N) is 1. The Labute approximate surface area is 92.8 Å².